The molecule has 160 valence electrons. The van der Waals surface area contributed by atoms with E-state index in [1.807, 2.05) is 13.8 Å². The number of carbonyl (C=O) groups is 2. The Labute approximate surface area is 164 Å². The number of carbonyl (C=O) groups excluding carboxylic acids is 2. The number of hydrogen-bond acceptors (Lipinski definition) is 6. The largest absolute Gasteiger partial charge is 0.379 e. The summed E-state index contributed by atoms with van der Waals surface area (Å²) in [5, 5.41) is 2.82. The van der Waals surface area contributed by atoms with Crippen LogP contribution in [0.25, 0.3) is 0 Å². The maximum atomic E-state index is 11.5. The fraction of sp³-hybridized carbons (Fsp3) is 0.900. The van der Waals surface area contributed by atoms with Gasteiger partial charge in [-0.15, -0.1) is 0 Å². The van der Waals surface area contributed by atoms with Gasteiger partial charge in [-0.05, 0) is 11.8 Å². The van der Waals surface area contributed by atoms with Crippen LogP contribution >= 0.6 is 0 Å². The third kappa shape index (κ3) is 19.5. The molecule has 0 fully saturated rings. The first kappa shape index (κ1) is 26.0. The standard InChI is InChI=1S/C20H39NO6/c1-17(2)18(22)7-6-8-24-9-10-25-11-12-26-13-14-27-15-19(23)21-16-20(3,4)5/h17H,6-16H2,1-5H3,(H,21,23). The SMILES string of the molecule is CC(C)C(=O)CCCOCCOCCOCCOCC(=O)NCC(C)(C)C. The van der Waals surface area contributed by atoms with Crippen molar-refractivity contribution in [1.82, 2.24) is 5.32 Å². The zero-order chi connectivity index (χ0) is 20.5. The first-order valence-electron chi connectivity index (χ1n) is 9.83. The second kappa shape index (κ2) is 16.0. The highest BCUT2D eigenvalue weighted by Gasteiger charge is 2.11. The van der Waals surface area contributed by atoms with Crippen molar-refractivity contribution in [3.05, 3.63) is 0 Å². The molecule has 0 spiro atoms. The molecular weight excluding hydrogens is 350 g/mol. The molecule has 1 N–H and O–H groups in total. The molecule has 0 saturated carbocycles. The van der Waals surface area contributed by atoms with Crippen LogP contribution in [0.1, 0.15) is 47.5 Å². The van der Waals surface area contributed by atoms with Crippen LogP contribution < -0.4 is 5.32 Å². The van der Waals surface area contributed by atoms with E-state index in [-0.39, 0.29) is 29.6 Å². The van der Waals surface area contributed by atoms with Gasteiger partial charge in [-0.2, -0.15) is 0 Å². The molecule has 0 aliphatic carbocycles. The molecule has 0 heterocycles. The van der Waals surface area contributed by atoms with Crippen LogP contribution in [0.3, 0.4) is 0 Å². The summed E-state index contributed by atoms with van der Waals surface area (Å²) in [4.78, 5) is 22.9. The highest BCUT2D eigenvalue weighted by Crippen LogP contribution is 2.09. The number of rotatable bonds is 17. The summed E-state index contributed by atoms with van der Waals surface area (Å²) in [5.74, 6) is 0.271. The van der Waals surface area contributed by atoms with E-state index in [2.05, 4.69) is 26.1 Å². The summed E-state index contributed by atoms with van der Waals surface area (Å²) in [6, 6.07) is 0. The predicted molar refractivity (Wildman–Crippen MR) is 105 cm³/mol. The lowest BCUT2D eigenvalue weighted by atomic mass is 9.97. The molecule has 0 unspecified atom stereocenters. The van der Waals surface area contributed by atoms with Crippen molar-refractivity contribution in [1.29, 1.82) is 0 Å². The lowest BCUT2D eigenvalue weighted by molar-refractivity contribution is -0.126. The minimum Gasteiger partial charge on any atom is -0.379 e. The molecule has 0 aromatic rings. The maximum Gasteiger partial charge on any atom is 0.246 e. The van der Waals surface area contributed by atoms with Gasteiger partial charge >= 0.3 is 0 Å². The van der Waals surface area contributed by atoms with Crippen LogP contribution in [0.4, 0.5) is 0 Å². The van der Waals surface area contributed by atoms with Gasteiger partial charge in [0.25, 0.3) is 0 Å². The number of hydrogen-bond donors (Lipinski definition) is 1. The normalized spacial score (nSPS) is 11.8. The van der Waals surface area contributed by atoms with Crippen LogP contribution in [0.2, 0.25) is 0 Å². The molecule has 0 aliphatic rings. The van der Waals surface area contributed by atoms with Crippen LogP contribution in [-0.4, -0.2) is 71.1 Å². The topological polar surface area (TPSA) is 83.1 Å². The smallest absolute Gasteiger partial charge is 0.246 e. The summed E-state index contributed by atoms with van der Waals surface area (Å²) < 4.78 is 21.4. The Hall–Kier alpha value is -1.02. The third-order valence-electron chi connectivity index (χ3n) is 3.52. The Morgan fingerprint density at radius 1 is 0.815 bits per heavy atom. The van der Waals surface area contributed by atoms with Crippen LogP contribution in [-0.2, 0) is 28.5 Å². The molecule has 0 aliphatic heterocycles. The minimum atomic E-state index is -0.109. The molecule has 0 aromatic carbocycles. The molecule has 0 aromatic heterocycles. The van der Waals surface area contributed by atoms with Crippen molar-refractivity contribution in [2.24, 2.45) is 11.3 Å². The van der Waals surface area contributed by atoms with Gasteiger partial charge in [0.2, 0.25) is 5.91 Å². The lowest BCUT2D eigenvalue weighted by Gasteiger charge is -2.18. The van der Waals surface area contributed by atoms with E-state index in [1.165, 1.54) is 0 Å². The van der Waals surface area contributed by atoms with Gasteiger partial charge in [0.15, 0.2) is 0 Å². The van der Waals surface area contributed by atoms with Gasteiger partial charge in [0.1, 0.15) is 12.4 Å². The van der Waals surface area contributed by atoms with Crippen molar-refractivity contribution >= 4 is 11.7 Å². The molecule has 0 saturated heterocycles. The zero-order valence-corrected chi connectivity index (χ0v) is 17.8. The van der Waals surface area contributed by atoms with Crippen molar-refractivity contribution in [3.8, 4) is 0 Å². The third-order valence-corrected chi connectivity index (χ3v) is 3.52. The minimum absolute atomic E-state index is 0.0516. The number of amides is 1. The average Bonchev–Trinajstić information content (AvgIpc) is 2.59. The van der Waals surface area contributed by atoms with E-state index >= 15 is 0 Å². The van der Waals surface area contributed by atoms with Crippen LogP contribution in [0.5, 0.6) is 0 Å². The van der Waals surface area contributed by atoms with Crippen LogP contribution in [0.15, 0.2) is 0 Å². The van der Waals surface area contributed by atoms with Gasteiger partial charge < -0.3 is 24.3 Å². The number of ether oxygens (including phenoxy) is 4. The van der Waals surface area contributed by atoms with E-state index in [9.17, 15) is 9.59 Å². The maximum absolute atomic E-state index is 11.5. The van der Waals surface area contributed by atoms with E-state index in [4.69, 9.17) is 18.9 Å². The molecule has 7 nitrogen and oxygen atoms in total. The summed E-state index contributed by atoms with van der Waals surface area (Å²) in [6.45, 7) is 14.1. The quantitative estimate of drug-likeness (QED) is 0.384. The fourth-order valence-corrected chi connectivity index (χ4v) is 1.88. The van der Waals surface area contributed by atoms with E-state index in [1.54, 1.807) is 0 Å². The van der Waals surface area contributed by atoms with Gasteiger partial charge in [-0.1, -0.05) is 34.6 Å². The second-order valence-corrected chi connectivity index (χ2v) is 7.95. The van der Waals surface area contributed by atoms with Gasteiger partial charge in [-0.3, -0.25) is 9.59 Å². The Morgan fingerprint density at radius 2 is 1.30 bits per heavy atom. The van der Waals surface area contributed by atoms with E-state index in [0.29, 0.717) is 59.2 Å². The lowest BCUT2D eigenvalue weighted by Crippen LogP contribution is -2.34. The molecule has 7 heteroatoms. The van der Waals surface area contributed by atoms with E-state index in [0.717, 1.165) is 6.42 Å². The zero-order valence-electron chi connectivity index (χ0n) is 17.8. The van der Waals surface area contributed by atoms with E-state index < -0.39 is 0 Å². The molecule has 0 radical (unpaired) electrons. The molecular formula is C20H39NO6. The van der Waals surface area contributed by atoms with Crippen molar-refractivity contribution in [2.45, 2.75) is 47.5 Å². The molecule has 1 amide bonds. The number of Topliss-reactive ketones (excluding diaryl/α,β-unsaturated/α-hetero) is 1. The fourth-order valence-electron chi connectivity index (χ4n) is 1.88. The Kier molecular flexibility index (Phi) is 15.4. The van der Waals surface area contributed by atoms with Crippen LogP contribution in [0, 0.1) is 11.3 Å². The van der Waals surface area contributed by atoms with Gasteiger partial charge in [0.05, 0.1) is 39.6 Å². The highest BCUT2D eigenvalue weighted by atomic mass is 16.6. The molecule has 0 rings (SSSR count). The van der Waals surface area contributed by atoms with Gasteiger partial charge in [-0.25, -0.2) is 0 Å². The Balaban J connectivity index is 3.23. The van der Waals surface area contributed by atoms with Crippen molar-refractivity contribution in [2.75, 3.05) is 59.4 Å². The first-order valence-corrected chi connectivity index (χ1v) is 9.83. The average molecular weight is 390 g/mol. The first-order chi connectivity index (χ1) is 12.7. The predicted octanol–water partition coefficient (Wildman–Crippen LogP) is 2.22. The molecule has 27 heavy (non-hydrogen) atoms. The summed E-state index contributed by atoms with van der Waals surface area (Å²) in [6.07, 6.45) is 1.33. The van der Waals surface area contributed by atoms with Crippen molar-refractivity contribution < 1.29 is 28.5 Å². The highest BCUT2D eigenvalue weighted by molar-refractivity contribution is 5.80. The monoisotopic (exact) mass is 389 g/mol. The molecule has 0 bridgehead atoms. The van der Waals surface area contributed by atoms with Gasteiger partial charge in [0, 0.05) is 25.5 Å². The number of nitrogens with one attached hydrogen (secondary N) is 1. The summed E-state index contributed by atoms with van der Waals surface area (Å²) in [7, 11) is 0. The van der Waals surface area contributed by atoms with Crippen molar-refractivity contribution in [3.63, 3.8) is 0 Å². The second-order valence-electron chi connectivity index (χ2n) is 7.95. The summed E-state index contributed by atoms with van der Waals surface area (Å²) >= 11 is 0. The molecule has 0 atom stereocenters. The Morgan fingerprint density at radius 3 is 1.78 bits per heavy atom. The Bertz CT molecular complexity index is 392. The summed E-state index contributed by atoms with van der Waals surface area (Å²) in [5.41, 5.74) is 0.0661. The number of ketones is 1.